The number of nitro benzene ring substituents is 1. The van der Waals surface area contributed by atoms with E-state index in [4.69, 9.17) is 10.5 Å². The quantitative estimate of drug-likeness (QED) is 0.603. The molecule has 2 unspecified atom stereocenters. The third kappa shape index (κ3) is 1.17. The highest BCUT2D eigenvalue weighted by Gasteiger charge is 2.70. The minimum Gasteiger partial charge on any atom is -0.455 e. The summed E-state index contributed by atoms with van der Waals surface area (Å²) in [6.45, 7) is 0. The van der Waals surface area contributed by atoms with Gasteiger partial charge in [-0.2, -0.15) is 0 Å². The van der Waals surface area contributed by atoms with Crippen LogP contribution in [0.5, 0.6) is 5.75 Å². The lowest BCUT2D eigenvalue weighted by Crippen LogP contribution is -2.55. The van der Waals surface area contributed by atoms with Crippen molar-refractivity contribution >= 4 is 11.5 Å². The number of para-hydroxylation sites is 1. The van der Waals surface area contributed by atoms with Crippen LogP contribution in [0.4, 0.5) is 5.69 Å². The molecule has 110 valence electrons. The first-order chi connectivity index (χ1) is 10.4. The number of ketones is 1. The van der Waals surface area contributed by atoms with Crippen LogP contribution in [0.3, 0.4) is 0 Å². The number of nitrogens with two attached hydrogens (primary N) is 1. The number of aliphatic hydroxyl groups is 1. The van der Waals surface area contributed by atoms with Gasteiger partial charge in [0.2, 0.25) is 0 Å². The zero-order valence-electron chi connectivity index (χ0n) is 11.1. The van der Waals surface area contributed by atoms with Crippen LogP contribution < -0.4 is 10.5 Å². The fraction of sp³-hybridized carbons (Fsp3) is 0.133. The minimum absolute atomic E-state index is 0.00806. The molecule has 7 nitrogen and oxygen atoms in total. The summed E-state index contributed by atoms with van der Waals surface area (Å²) in [6, 6.07) is 10.5. The van der Waals surface area contributed by atoms with Crippen molar-refractivity contribution in [1.82, 2.24) is 0 Å². The Balaban J connectivity index is 2.09. The summed E-state index contributed by atoms with van der Waals surface area (Å²) < 4.78 is 5.51. The number of hydrogen-bond donors (Lipinski definition) is 2. The lowest BCUT2D eigenvalue weighted by molar-refractivity contribution is -0.388. The van der Waals surface area contributed by atoms with Gasteiger partial charge in [-0.1, -0.05) is 30.3 Å². The van der Waals surface area contributed by atoms with Crippen LogP contribution in [-0.2, 0) is 11.3 Å². The van der Waals surface area contributed by atoms with Crippen molar-refractivity contribution in [1.29, 1.82) is 0 Å². The second-order valence-corrected chi connectivity index (χ2v) is 5.34. The molecule has 2 aromatic carbocycles. The van der Waals surface area contributed by atoms with E-state index in [1.807, 2.05) is 0 Å². The number of rotatable bonds is 1. The Kier molecular flexibility index (Phi) is 2.18. The van der Waals surface area contributed by atoms with Crippen molar-refractivity contribution in [2.24, 2.45) is 5.73 Å². The zero-order chi connectivity index (χ0) is 15.7. The molecule has 22 heavy (non-hydrogen) atoms. The van der Waals surface area contributed by atoms with Gasteiger partial charge in [-0.05, 0) is 6.07 Å². The van der Waals surface area contributed by atoms with E-state index in [9.17, 15) is 20.0 Å². The van der Waals surface area contributed by atoms with Gasteiger partial charge in [-0.25, -0.2) is 0 Å². The Morgan fingerprint density at radius 2 is 1.91 bits per heavy atom. The van der Waals surface area contributed by atoms with E-state index in [-0.39, 0.29) is 16.9 Å². The molecule has 4 rings (SSSR count). The Morgan fingerprint density at radius 1 is 1.18 bits per heavy atom. The molecule has 2 atom stereocenters. The van der Waals surface area contributed by atoms with Crippen molar-refractivity contribution in [2.45, 2.75) is 11.3 Å². The van der Waals surface area contributed by atoms with E-state index >= 15 is 0 Å². The van der Waals surface area contributed by atoms with E-state index in [1.165, 1.54) is 18.2 Å². The van der Waals surface area contributed by atoms with Gasteiger partial charge in [-0.15, -0.1) is 0 Å². The molecule has 1 heterocycles. The normalized spacial score (nSPS) is 27.8. The first-order valence-electron chi connectivity index (χ1n) is 6.53. The van der Waals surface area contributed by atoms with Crippen LogP contribution in [0.2, 0.25) is 0 Å². The average molecular weight is 298 g/mol. The molecule has 0 fully saturated rings. The Hall–Kier alpha value is -2.77. The van der Waals surface area contributed by atoms with Gasteiger partial charge in [0.15, 0.2) is 11.3 Å². The molecule has 0 aromatic heterocycles. The maximum absolute atomic E-state index is 12.8. The number of carbonyl (C=O) groups excluding carboxylic acids is 1. The van der Waals surface area contributed by atoms with Crippen LogP contribution >= 0.6 is 0 Å². The summed E-state index contributed by atoms with van der Waals surface area (Å²) in [5, 5.41) is 22.3. The number of Topliss-reactive ketones (excluding diaryl/α,β-unsaturated/α-hetero) is 1. The fourth-order valence-electron chi connectivity index (χ4n) is 3.28. The lowest BCUT2D eigenvalue weighted by Gasteiger charge is -2.29. The fourth-order valence-corrected chi connectivity index (χ4v) is 3.28. The molecule has 2 aromatic rings. The van der Waals surface area contributed by atoms with Gasteiger partial charge in [0.25, 0.3) is 11.5 Å². The Labute approximate surface area is 124 Å². The van der Waals surface area contributed by atoms with Gasteiger partial charge < -0.3 is 15.6 Å². The molecule has 0 saturated heterocycles. The highest BCUT2D eigenvalue weighted by atomic mass is 16.6. The SMILES string of the molecule is NC12C(=O)c3cccc([N+](=O)[O-])c3C1(O)Oc1ccccc12. The maximum Gasteiger partial charge on any atom is 0.280 e. The van der Waals surface area contributed by atoms with Crippen LogP contribution in [-0.4, -0.2) is 15.8 Å². The highest BCUT2D eigenvalue weighted by Crippen LogP contribution is 2.58. The standard InChI is InChI=1S/C15H10N2O5/c16-14-9-5-1-2-7-11(9)22-15(14,19)12-8(13(14)18)4-3-6-10(12)17(20)21/h1-7,19H,16H2. The summed E-state index contributed by atoms with van der Waals surface area (Å²) in [5.41, 5.74) is 4.07. The summed E-state index contributed by atoms with van der Waals surface area (Å²) in [7, 11) is 0. The van der Waals surface area contributed by atoms with Gasteiger partial charge in [0.05, 0.1) is 4.92 Å². The molecule has 0 amide bonds. The largest absolute Gasteiger partial charge is 0.455 e. The highest BCUT2D eigenvalue weighted by molar-refractivity contribution is 6.11. The molecule has 0 bridgehead atoms. The molecule has 7 heteroatoms. The van der Waals surface area contributed by atoms with Crippen molar-refractivity contribution in [3.8, 4) is 5.75 Å². The van der Waals surface area contributed by atoms with E-state index in [2.05, 4.69) is 0 Å². The second-order valence-electron chi connectivity index (χ2n) is 5.34. The molecular weight excluding hydrogens is 288 g/mol. The molecular formula is C15H10N2O5. The van der Waals surface area contributed by atoms with E-state index in [0.29, 0.717) is 5.56 Å². The molecule has 1 aliphatic heterocycles. The molecule has 0 saturated carbocycles. The van der Waals surface area contributed by atoms with E-state index in [0.717, 1.165) is 0 Å². The molecule has 2 aliphatic rings. The average Bonchev–Trinajstić information content (AvgIpc) is 2.84. The monoisotopic (exact) mass is 298 g/mol. The first kappa shape index (κ1) is 12.9. The summed E-state index contributed by atoms with van der Waals surface area (Å²) >= 11 is 0. The maximum atomic E-state index is 12.8. The van der Waals surface area contributed by atoms with Crippen LogP contribution in [0.15, 0.2) is 42.5 Å². The second kappa shape index (κ2) is 3.70. The third-order valence-corrected chi connectivity index (χ3v) is 4.28. The van der Waals surface area contributed by atoms with Crippen molar-refractivity contribution in [2.75, 3.05) is 0 Å². The Morgan fingerprint density at radius 3 is 2.64 bits per heavy atom. The van der Waals surface area contributed by atoms with E-state index in [1.54, 1.807) is 24.3 Å². The molecule has 1 aliphatic carbocycles. The number of fused-ring (bicyclic) bond motifs is 5. The van der Waals surface area contributed by atoms with Crippen LogP contribution in [0.25, 0.3) is 0 Å². The van der Waals surface area contributed by atoms with E-state index < -0.39 is 27.7 Å². The number of hydrogen-bond acceptors (Lipinski definition) is 6. The van der Waals surface area contributed by atoms with Crippen molar-refractivity contribution < 1.29 is 19.6 Å². The predicted molar refractivity (Wildman–Crippen MR) is 74.3 cm³/mol. The molecule has 3 N–H and O–H groups in total. The van der Waals surface area contributed by atoms with Gasteiger partial charge in [0.1, 0.15) is 11.3 Å². The van der Waals surface area contributed by atoms with Crippen molar-refractivity contribution in [3.63, 3.8) is 0 Å². The smallest absolute Gasteiger partial charge is 0.280 e. The minimum atomic E-state index is -2.28. The lowest BCUT2D eigenvalue weighted by atomic mass is 9.84. The number of benzene rings is 2. The summed E-state index contributed by atoms with van der Waals surface area (Å²) in [6.07, 6.45) is 0. The Bertz CT molecular complexity index is 865. The summed E-state index contributed by atoms with van der Waals surface area (Å²) in [4.78, 5) is 23.4. The third-order valence-electron chi connectivity index (χ3n) is 4.28. The number of carbonyl (C=O) groups is 1. The van der Waals surface area contributed by atoms with Gasteiger partial charge in [0, 0.05) is 17.2 Å². The molecule has 0 radical (unpaired) electrons. The zero-order valence-corrected chi connectivity index (χ0v) is 11.1. The number of nitro groups is 1. The van der Waals surface area contributed by atoms with Crippen molar-refractivity contribution in [3.05, 3.63) is 69.3 Å². The topological polar surface area (TPSA) is 116 Å². The van der Waals surface area contributed by atoms with Gasteiger partial charge >= 0.3 is 0 Å². The van der Waals surface area contributed by atoms with Crippen LogP contribution in [0, 0.1) is 10.1 Å². The number of ether oxygens (including phenoxy) is 1. The van der Waals surface area contributed by atoms with Gasteiger partial charge in [-0.3, -0.25) is 14.9 Å². The first-order valence-corrected chi connectivity index (χ1v) is 6.53. The number of nitrogens with zero attached hydrogens (tertiary/aromatic N) is 1. The van der Waals surface area contributed by atoms with Crippen LogP contribution in [0.1, 0.15) is 21.5 Å². The predicted octanol–water partition coefficient (Wildman–Crippen LogP) is 1.18. The summed E-state index contributed by atoms with van der Waals surface area (Å²) in [5.74, 6) is -2.64. The molecule has 0 spiro atoms.